The Labute approximate surface area is 120 Å². The van der Waals surface area contributed by atoms with Crippen LogP contribution in [0.15, 0.2) is 24.3 Å². The third-order valence-corrected chi connectivity index (χ3v) is 3.02. The highest BCUT2D eigenvalue weighted by atomic mass is 35.5. The smallest absolute Gasteiger partial charge is 0.258 e. The number of piperidine rings is 1. The van der Waals surface area contributed by atoms with E-state index in [0.29, 0.717) is 0 Å². The van der Waals surface area contributed by atoms with Crippen molar-refractivity contribution in [2.24, 2.45) is 0 Å². The lowest BCUT2D eigenvalue weighted by Gasteiger charge is -2.23. The Bertz CT molecular complexity index is 406. The van der Waals surface area contributed by atoms with Crippen LogP contribution in [0.25, 0.3) is 0 Å². The molecule has 1 heterocycles. The van der Waals surface area contributed by atoms with Crippen molar-refractivity contribution in [2.45, 2.75) is 25.8 Å². The molecule has 1 unspecified atom stereocenters. The predicted molar refractivity (Wildman–Crippen MR) is 78.0 cm³/mol. The minimum Gasteiger partial charge on any atom is -0.484 e. The van der Waals surface area contributed by atoms with Crippen molar-refractivity contribution in [3.63, 3.8) is 0 Å². The summed E-state index contributed by atoms with van der Waals surface area (Å²) in [7, 11) is 0. The lowest BCUT2D eigenvalue weighted by molar-refractivity contribution is -0.123. The van der Waals surface area contributed by atoms with Crippen molar-refractivity contribution in [1.82, 2.24) is 10.6 Å². The summed E-state index contributed by atoms with van der Waals surface area (Å²) >= 11 is 0. The quantitative estimate of drug-likeness (QED) is 0.884. The van der Waals surface area contributed by atoms with Crippen LogP contribution in [0.5, 0.6) is 5.75 Å². The van der Waals surface area contributed by atoms with Crippen molar-refractivity contribution in [3.8, 4) is 5.75 Å². The number of benzene rings is 1. The van der Waals surface area contributed by atoms with Crippen molar-refractivity contribution >= 4 is 18.3 Å². The first-order chi connectivity index (χ1) is 8.74. The molecule has 0 aromatic heterocycles. The number of carbonyl (C=O) groups excluding carboxylic acids is 1. The van der Waals surface area contributed by atoms with Gasteiger partial charge in [0.15, 0.2) is 6.61 Å². The van der Waals surface area contributed by atoms with E-state index in [9.17, 15) is 4.79 Å². The first-order valence-corrected chi connectivity index (χ1v) is 6.43. The highest BCUT2D eigenvalue weighted by Crippen LogP contribution is 2.12. The standard InChI is InChI=1S/C14H20N2O2.ClH/c1-11-4-2-6-13(8-11)18-10-14(17)16-12-5-3-7-15-9-12;/h2,4,6,8,12,15H,3,5,7,9-10H2,1H3,(H,16,17);1H. The van der Waals surface area contributed by atoms with E-state index in [-0.39, 0.29) is 31.0 Å². The van der Waals surface area contributed by atoms with Gasteiger partial charge in [0, 0.05) is 12.6 Å². The number of amides is 1. The van der Waals surface area contributed by atoms with Crippen molar-refractivity contribution in [3.05, 3.63) is 29.8 Å². The van der Waals surface area contributed by atoms with Gasteiger partial charge in [-0.25, -0.2) is 0 Å². The Morgan fingerprint density at radius 3 is 3.05 bits per heavy atom. The molecule has 1 aliphatic rings. The first kappa shape index (κ1) is 15.8. The van der Waals surface area contributed by atoms with Gasteiger partial charge in [-0.1, -0.05) is 12.1 Å². The second-order valence-corrected chi connectivity index (χ2v) is 4.72. The zero-order valence-corrected chi connectivity index (χ0v) is 12.0. The number of nitrogens with one attached hydrogen (secondary N) is 2. The average Bonchev–Trinajstić information content (AvgIpc) is 2.38. The minimum atomic E-state index is -0.0507. The molecule has 0 spiro atoms. The zero-order valence-electron chi connectivity index (χ0n) is 11.1. The molecule has 19 heavy (non-hydrogen) atoms. The second-order valence-electron chi connectivity index (χ2n) is 4.72. The van der Waals surface area contributed by atoms with Gasteiger partial charge in [0.25, 0.3) is 5.91 Å². The van der Waals surface area contributed by atoms with Crippen LogP contribution in [0.3, 0.4) is 0 Å². The molecule has 106 valence electrons. The summed E-state index contributed by atoms with van der Waals surface area (Å²) in [6, 6.07) is 7.96. The minimum absolute atomic E-state index is 0. The van der Waals surface area contributed by atoms with Gasteiger partial charge in [0.2, 0.25) is 0 Å². The van der Waals surface area contributed by atoms with Crippen LogP contribution in [0, 0.1) is 6.92 Å². The van der Waals surface area contributed by atoms with E-state index in [0.717, 1.165) is 37.2 Å². The summed E-state index contributed by atoms with van der Waals surface area (Å²) in [6.07, 6.45) is 2.16. The summed E-state index contributed by atoms with van der Waals surface area (Å²) < 4.78 is 5.46. The SMILES string of the molecule is Cc1cccc(OCC(=O)NC2CCCNC2)c1.Cl. The number of hydrogen-bond donors (Lipinski definition) is 2. The number of rotatable bonds is 4. The molecule has 1 fully saturated rings. The molecule has 1 atom stereocenters. The predicted octanol–water partition coefficient (Wildman–Crippen LogP) is 1.66. The van der Waals surface area contributed by atoms with Gasteiger partial charge in [-0.05, 0) is 44.0 Å². The Kier molecular flexibility index (Phi) is 6.67. The van der Waals surface area contributed by atoms with Gasteiger partial charge in [0.05, 0.1) is 0 Å². The fourth-order valence-corrected chi connectivity index (χ4v) is 2.10. The van der Waals surface area contributed by atoms with Crippen LogP contribution in [-0.4, -0.2) is 31.6 Å². The van der Waals surface area contributed by atoms with Crippen LogP contribution in [-0.2, 0) is 4.79 Å². The van der Waals surface area contributed by atoms with E-state index in [1.54, 1.807) is 0 Å². The Morgan fingerprint density at radius 1 is 1.53 bits per heavy atom. The van der Waals surface area contributed by atoms with Gasteiger partial charge in [-0.2, -0.15) is 0 Å². The molecule has 2 N–H and O–H groups in total. The molecular weight excluding hydrogens is 264 g/mol. The summed E-state index contributed by atoms with van der Waals surface area (Å²) in [5.41, 5.74) is 1.13. The highest BCUT2D eigenvalue weighted by Gasteiger charge is 2.15. The van der Waals surface area contributed by atoms with E-state index in [1.165, 1.54) is 0 Å². The molecule has 1 aromatic rings. The summed E-state index contributed by atoms with van der Waals surface area (Å²) in [6.45, 7) is 3.99. The Hall–Kier alpha value is -1.26. The second kappa shape index (κ2) is 8.02. The lowest BCUT2D eigenvalue weighted by Crippen LogP contribution is -2.46. The molecule has 1 amide bonds. The number of halogens is 1. The molecule has 0 radical (unpaired) electrons. The van der Waals surface area contributed by atoms with Crippen LogP contribution >= 0.6 is 12.4 Å². The van der Waals surface area contributed by atoms with Gasteiger partial charge in [-0.3, -0.25) is 4.79 Å². The molecule has 0 bridgehead atoms. The number of ether oxygens (including phenoxy) is 1. The van der Waals surface area contributed by atoms with Crippen molar-refractivity contribution in [1.29, 1.82) is 0 Å². The molecule has 5 heteroatoms. The summed E-state index contributed by atoms with van der Waals surface area (Å²) in [5.74, 6) is 0.692. The normalized spacial score (nSPS) is 18.3. The molecule has 1 aromatic carbocycles. The molecule has 4 nitrogen and oxygen atoms in total. The van der Waals surface area contributed by atoms with Gasteiger partial charge in [-0.15, -0.1) is 12.4 Å². The zero-order chi connectivity index (χ0) is 12.8. The molecular formula is C14H21ClN2O2. The fourth-order valence-electron chi connectivity index (χ4n) is 2.10. The van der Waals surface area contributed by atoms with E-state index in [4.69, 9.17) is 4.74 Å². The van der Waals surface area contributed by atoms with Gasteiger partial charge in [0.1, 0.15) is 5.75 Å². The maximum absolute atomic E-state index is 11.7. The van der Waals surface area contributed by atoms with Gasteiger partial charge >= 0.3 is 0 Å². The summed E-state index contributed by atoms with van der Waals surface area (Å²) in [4.78, 5) is 11.7. The van der Waals surface area contributed by atoms with Crippen LogP contribution < -0.4 is 15.4 Å². The molecule has 0 aliphatic carbocycles. The molecule has 0 saturated carbocycles. The molecule has 2 rings (SSSR count). The third-order valence-electron chi connectivity index (χ3n) is 3.02. The van der Waals surface area contributed by atoms with E-state index < -0.39 is 0 Å². The van der Waals surface area contributed by atoms with E-state index in [1.807, 2.05) is 31.2 Å². The number of carbonyl (C=O) groups is 1. The monoisotopic (exact) mass is 284 g/mol. The van der Waals surface area contributed by atoms with Crippen LogP contribution in [0.1, 0.15) is 18.4 Å². The van der Waals surface area contributed by atoms with Crippen molar-refractivity contribution < 1.29 is 9.53 Å². The van der Waals surface area contributed by atoms with Gasteiger partial charge < -0.3 is 15.4 Å². The maximum atomic E-state index is 11.7. The molecule has 1 saturated heterocycles. The number of aryl methyl sites for hydroxylation is 1. The van der Waals surface area contributed by atoms with Crippen LogP contribution in [0.4, 0.5) is 0 Å². The first-order valence-electron chi connectivity index (χ1n) is 6.43. The summed E-state index contributed by atoms with van der Waals surface area (Å²) in [5, 5.41) is 6.24. The van der Waals surface area contributed by atoms with Crippen molar-refractivity contribution in [2.75, 3.05) is 19.7 Å². The average molecular weight is 285 g/mol. The Morgan fingerprint density at radius 2 is 2.37 bits per heavy atom. The maximum Gasteiger partial charge on any atom is 0.258 e. The topological polar surface area (TPSA) is 50.4 Å². The Balaban J connectivity index is 0.00000180. The third kappa shape index (κ3) is 5.49. The highest BCUT2D eigenvalue weighted by molar-refractivity contribution is 5.85. The number of hydrogen-bond acceptors (Lipinski definition) is 3. The fraction of sp³-hybridized carbons (Fsp3) is 0.500. The van der Waals surface area contributed by atoms with E-state index in [2.05, 4.69) is 10.6 Å². The molecule has 1 aliphatic heterocycles. The lowest BCUT2D eigenvalue weighted by atomic mass is 10.1. The van der Waals surface area contributed by atoms with E-state index >= 15 is 0 Å². The largest absolute Gasteiger partial charge is 0.484 e. The van der Waals surface area contributed by atoms with Crippen LogP contribution in [0.2, 0.25) is 0 Å².